The molecule has 1 aromatic carbocycles. The van der Waals surface area contributed by atoms with Gasteiger partial charge in [0.1, 0.15) is 0 Å². The minimum Gasteiger partial charge on any atom is -0.224 e. The summed E-state index contributed by atoms with van der Waals surface area (Å²) in [4.78, 5) is 0.328. The van der Waals surface area contributed by atoms with E-state index in [1.165, 1.54) is 24.3 Å². The third kappa shape index (κ3) is 3.36. The molecule has 0 aliphatic heterocycles. The number of sulfonamides is 1. The fraction of sp³-hybridized carbons (Fsp3) is 0.600. The molecule has 5 nitrogen and oxygen atoms in total. The topological polar surface area (TPSA) is 71.5 Å². The first-order valence-corrected chi connectivity index (χ1v) is 10.8. The Morgan fingerprint density at radius 2 is 1.45 bits per heavy atom. The lowest BCUT2D eigenvalue weighted by Crippen LogP contribution is -2.38. The first-order chi connectivity index (χ1) is 10.3. The molecular formula is C15H23NO4S2. The second kappa shape index (κ2) is 6.68. The average Bonchev–Trinajstić information content (AvgIpc) is 3.02. The van der Waals surface area contributed by atoms with Crippen LogP contribution in [0.1, 0.15) is 39.5 Å². The Hall–Kier alpha value is -0.920. The summed E-state index contributed by atoms with van der Waals surface area (Å²) in [5.74, 6) is 0.00224. The fourth-order valence-electron chi connectivity index (χ4n) is 2.94. The molecule has 0 bridgehead atoms. The number of nitrogens with zero attached hydrogens (tertiary/aromatic N) is 1. The van der Waals surface area contributed by atoms with E-state index in [2.05, 4.69) is 0 Å². The Bertz CT molecular complexity index is 702. The normalized spacial score (nSPS) is 17.2. The van der Waals surface area contributed by atoms with E-state index >= 15 is 0 Å². The molecule has 1 aliphatic rings. The Balaban J connectivity index is 2.33. The van der Waals surface area contributed by atoms with E-state index < -0.39 is 19.9 Å². The zero-order valence-corrected chi connectivity index (χ0v) is 14.7. The Morgan fingerprint density at radius 1 is 0.955 bits per heavy atom. The Labute approximate surface area is 133 Å². The molecule has 0 heterocycles. The Kier molecular flexibility index (Phi) is 5.29. The van der Waals surface area contributed by atoms with E-state index in [1.807, 2.05) is 6.92 Å². The van der Waals surface area contributed by atoms with Crippen LogP contribution in [-0.4, -0.2) is 39.5 Å². The van der Waals surface area contributed by atoms with E-state index in [0.29, 0.717) is 6.54 Å². The highest BCUT2D eigenvalue weighted by atomic mass is 32.2. The van der Waals surface area contributed by atoms with Crippen LogP contribution >= 0.6 is 0 Å². The fourth-order valence-corrected chi connectivity index (χ4v) is 5.52. The van der Waals surface area contributed by atoms with Crippen molar-refractivity contribution in [3.63, 3.8) is 0 Å². The van der Waals surface area contributed by atoms with Crippen molar-refractivity contribution in [1.82, 2.24) is 4.31 Å². The molecule has 0 N–H and O–H groups in total. The number of hydrogen-bond donors (Lipinski definition) is 0. The van der Waals surface area contributed by atoms with Gasteiger partial charge in [-0.15, -0.1) is 0 Å². The van der Waals surface area contributed by atoms with Gasteiger partial charge in [0.2, 0.25) is 10.0 Å². The van der Waals surface area contributed by atoms with Crippen molar-refractivity contribution in [2.75, 3.05) is 12.3 Å². The van der Waals surface area contributed by atoms with Crippen LogP contribution in [0, 0.1) is 0 Å². The SMILES string of the molecule is CCN(C1CCCC1)S(=O)(=O)c1ccc(S(=O)(=O)CC)cc1. The summed E-state index contributed by atoms with van der Waals surface area (Å²) in [5, 5.41) is 0. The summed E-state index contributed by atoms with van der Waals surface area (Å²) in [6.07, 6.45) is 3.92. The predicted molar refractivity (Wildman–Crippen MR) is 86.0 cm³/mol. The predicted octanol–water partition coefficient (Wildman–Crippen LogP) is 2.43. The molecule has 1 aliphatic carbocycles. The Morgan fingerprint density at radius 3 is 1.91 bits per heavy atom. The van der Waals surface area contributed by atoms with E-state index in [0.717, 1.165) is 25.7 Å². The molecule has 1 aromatic rings. The number of sulfone groups is 1. The third-order valence-corrected chi connectivity index (χ3v) is 8.01. The summed E-state index contributed by atoms with van der Waals surface area (Å²) < 4.78 is 50.7. The van der Waals surface area contributed by atoms with Gasteiger partial charge in [-0.2, -0.15) is 4.31 Å². The molecule has 0 radical (unpaired) electrons. The van der Waals surface area contributed by atoms with Crippen LogP contribution in [0.2, 0.25) is 0 Å². The lowest BCUT2D eigenvalue weighted by Gasteiger charge is -2.26. The molecule has 7 heteroatoms. The van der Waals surface area contributed by atoms with Gasteiger partial charge in [0.25, 0.3) is 0 Å². The largest absolute Gasteiger partial charge is 0.243 e. The highest BCUT2D eigenvalue weighted by molar-refractivity contribution is 7.91. The van der Waals surface area contributed by atoms with Crippen molar-refractivity contribution in [3.05, 3.63) is 24.3 Å². The van der Waals surface area contributed by atoms with Crippen LogP contribution in [0.3, 0.4) is 0 Å². The van der Waals surface area contributed by atoms with Crippen LogP contribution in [0.5, 0.6) is 0 Å². The quantitative estimate of drug-likeness (QED) is 0.794. The van der Waals surface area contributed by atoms with Gasteiger partial charge in [-0.1, -0.05) is 26.7 Å². The van der Waals surface area contributed by atoms with Gasteiger partial charge in [0, 0.05) is 12.6 Å². The minimum atomic E-state index is -3.57. The van der Waals surface area contributed by atoms with Gasteiger partial charge in [0.05, 0.1) is 15.5 Å². The maximum Gasteiger partial charge on any atom is 0.243 e. The molecule has 0 aromatic heterocycles. The molecular weight excluding hydrogens is 322 g/mol. The van der Waals surface area contributed by atoms with Gasteiger partial charge in [0.15, 0.2) is 9.84 Å². The lowest BCUT2D eigenvalue weighted by atomic mass is 10.2. The minimum absolute atomic E-state index is 0.00224. The van der Waals surface area contributed by atoms with Crippen molar-refractivity contribution in [2.45, 2.75) is 55.4 Å². The highest BCUT2D eigenvalue weighted by Gasteiger charge is 2.32. The van der Waals surface area contributed by atoms with E-state index in [-0.39, 0.29) is 21.6 Å². The molecule has 1 fully saturated rings. The molecule has 124 valence electrons. The first kappa shape index (κ1) is 17.4. The van der Waals surface area contributed by atoms with Crippen molar-refractivity contribution in [3.8, 4) is 0 Å². The molecule has 2 rings (SSSR count). The number of rotatable bonds is 6. The second-order valence-electron chi connectivity index (χ2n) is 5.52. The summed E-state index contributed by atoms with van der Waals surface area (Å²) in [6, 6.07) is 5.63. The summed E-state index contributed by atoms with van der Waals surface area (Å²) in [7, 11) is -6.88. The summed E-state index contributed by atoms with van der Waals surface area (Å²) in [6.45, 7) is 3.84. The smallest absolute Gasteiger partial charge is 0.224 e. The molecule has 1 saturated carbocycles. The maximum absolute atomic E-state index is 12.8. The molecule has 0 saturated heterocycles. The van der Waals surface area contributed by atoms with Gasteiger partial charge in [-0.05, 0) is 37.1 Å². The third-order valence-electron chi connectivity index (χ3n) is 4.21. The van der Waals surface area contributed by atoms with Crippen LogP contribution in [-0.2, 0) is 19.9 Å². The van der Waals surface area contributed by atoms with Crippen molar-refractivity contribution < 1.29 is 16.8 Å². The van der Waals surface area contributed by atoms with Gasteiger partial charge >= 0.3 is 0 Å². The molecule has 0 spiro atoms. The monoisotopic (exact) mass is 345 g/mol. The van der Waals surface area contributed by atoms with Crippen LogP contribution in [0.15, 0.2) is 34.1 Å². The van der Waals surface area contributed by atoms with Crippen molar-refractivity contribution >= 4 is 19.9 Å². The zero-order valence-electron chi connectivity index (χ0n) is 13.0. The number of benzene rings is 1. The van der Waals surface area contributed by atoms with Crippen LogP contribution in [0.4, 0.5) is 0 Å². The highest BCUT2D eigenvalue weighted by Crippen LogP contribution is 2.28. The van der Waals surface area contributed by atoms with Gasteiger partial charge in [-0.25, -0.2) is 16.8 Å². The van der Waals surface area contributed by atoms with Crippen LogP contribution < -0.4 is 0 Å². The molecule has 0 amide bonds. The van der Waals surface area contributed by atoms with Gasteiger partial charge < -0.3 is 0 Å². The summed E-state index contributed by atoms with van der Waals surface area (Å²) >= 11 is 0. The van der Waals surface area contributed by atoms with Crippen LogP contribution in [0.25, 0.3) is 0 Å². The first-order valence-electron chi connectivity index (χ1n) is 7.67. The van der Waals surface area contributed by atoms with Crippen molar-refractivity contribution in [2.24, 2.45) is 0 Å². The maximum atomic E-state index is 12.8. The van der Waals surface area contributed by atoms with E-state index in [9.17, 15) is 16.8 Å². The van der Waals surface area contributed by atoms with Crippen molar-refractivity contribution in [1.29, 1.82) is 0 Å². The molecule has 22 heavy (non-hydrogen) atoms. The molecule has 0 unspecified atom stereocenters. The number of hydrogen-bond acceptors (Lipinski definition) is 4. The standard InChI is InChI=1S/C15H23NO4S2/c1-3-16(13-7-5-6-8-13)22(19,20)15-11-9-14(10-12-15)21(17,18)4-2/h9-13H,3-8H2,1-2H3. The zero-order chi connectivity index (χ0) is 16.4. The summed E-state index contributed by atoms with van der Waals surface area (Å²) in [5.41, 5.74) is 0. The molecule has 0 atom stereocenters. The van der Waals surface area contributed by atoms with E-state index in [1.54, 1.807) is 11.2 Å². The average molecular weight is 345 g/mol. The lowest BCUT2D eigenvalue weighted by molar-refractivity contribution is 0.335. The van der Waals surface area contributed by atoms with Gasteiger partial charge in [-0.3, -0.25) is 0 Å². The van der Waals surface area contributed by atoms with E-state index in [4.69, 9.17) is 0 Å². The second-order valence-corrected chi connectivity index (χ2v) is 9.69.